The molecule has 3 N–H and O–H groups in total. The lowest BCUT2D eigenvalue weighted by atomic mass is 9.88. The summed E-state index contributed by atoms with van der Waals surface area (Å²) >= 11 is 0. The largest absolute Gasteiger partial charge is 0.525 e. The maximum absolute atomic E-state index is 10.4. The van der Waals surface area contributed by atoms with Gasteiger partial charge in [-0.2, -0.15) is 0 Å². The fraction of sp³-hybridized carbons (Fsp3) is 0.417. The summed E-state index contributed by atoms with van der Waals surface area (Å²) in [6, 6.07) is 6.66. The van der Waals surface area contributed by atoms with E-state index in [9.17, 15) is 15.0 Å². The Hall–Kier alpha value is -1.79. The van der Waals surface area contributed by atoms with E-state index in [1.165, 1.54) is 5.06 Å². The molecule has 0 aliphatic carbocycles. The third-order valence-electron chi connectivity index (χ3n) is 3.07. The maximum atomic E-state index is 10.4. The summed E-state index contributed by atoms with van der Waals surface area (Å²) in [4.78, 5) is 14.9. The van der Waals surface area contributed by atoms with Gasteiger partial charge in [-0.3, -0.25) is 0 Å². The Balaban J connectivity index is 2.01. The normalized spacial score (nSPS) is 24.7. The van der Waals surface area contributed by atoms with Crippen molar-refractivity contribution in [1.29, 1.82) is 0 Å². The van der Waals surface area contributed by atoms with Gasteiger partial charge < -0.3 is 20.2 Å². The van der Waals surface area contributed by atoms with Crippen molar-refractivity contribution in [1.82, 2.24) is 5.06 Å². The average molecular weight is 253 g/mol. The predicted molar refractivity (Wildman–Crippen MR) is 62.2 cm³/mol. The maximum Gasteiger partial charge on any atom is 0.525 e. The Kier molecular flexibility index (Phi) is 3.69. The molecule has 18 heavy (non-hydrogen) atoms. The first kappa shape index (κ1) is 12.7. The fourth-order valence-corrected chi connectivity index (χ4v) is 2.21. The highest BCUT2D eigenvalue weighted by Gasteiger charge is 2.30. The van der Waals surface area contributed by atoms with Crippen LogP contribution in [0.25, 0.3) is 0 Å². The first-order valence-corrected chi connectivity index (χ1v) is 5.69. The lowest BCUT2D eigenvalue weighted by molar-refractivity contribution is -0.154. The van der Waals surface area contributed by atoms with Crippen LogP contribution in [0.2, 0.25) is 0 Å². The van der Waals surface area contributed by atoms with Crippen LogP contribution in [0.3, 0.4) is 0 Å². The fourth-order valence-electron chi connectivity index (χ4n) is 2.21. The van der Waals surface area contributed by atoms with Crippen molar-refractivity contribution in [2.75, 3.05) is 13.1 Å². The van der Waals surface area contributed by atoms with Gasteiger partial charge >= 0.3 is 6.16 Å². The third-order valence-corrected chi connectivity index (χ3v) is 3.07. The highest BCUT2D eigenvalue weighted by atomic mass is 16.8. The van der Waals surface area contributed by atoms with Gasteiger partial charge in [-0.15, -0.1) is 5.06 Å². The predicted octanol–water partition coefficient (Wildman–Crippen LogP) is 1.15. The van der Waals surface area contributed by atoms with Crippen molar-refractivity contribution in [3.05, 3.63) is 29.8 Å². The molecule has 6 nitrogen and oxygen atoms in total. The number of phenolic OH excluding ortho intramolecular Hbond substituents is 1. The lowest BCUT2D eigenvalue weighted by Gasteiger charge is -2.34. The molecule has 1 aromatic carbocycles. The monoisotopic (exact) mass is 253 g/mol. The lowest BCUT2D eigenvalue weighted by Crippen LogP contribution is -2.43. The molecule has 1 saturated heterocycles. The van der Waals surface area contributed by atoms with Gasteiger partial charge in [0.25, 0.3) is 0 Å². The van der Waals surface area contributed by atoms with E-state index >= 15 is 0 Å². The van der Waals surface area contributed by atoms with Gasteiger partial charge in [-0.05, 0) is 24.1 Å². The Labute approximate surface area is 104 Å². The molecule has 0 spiro atoms. The van der Waals surface area contributed by atoms with Gasteiger partial charge in [0, 0.05) is 12.5 Å². The highest BCUT2D eigenvalue weighted by molar-refractivity contribution is 5.56. The minimum absolute atomic E-state index is 0.0701. The molecule has 2 atom stereocenters. The van der Waals surface area contributed by atoms with Crippen LogP contribution in [0.5, 0.6) is 5.75 Å². The van der Waals surface area contributed by atoms with Crippen LogP contribution >= 0.6 is 0 Å². The molecule has 2 unspecified atom stereocenters. The first-order valence-electron chi connectivity index (χ1n) is 5.69. The van der Waals surface area contributed by atoms with E-state index in [4.69, 9.17) is 5.11 Å². The summed E-state index contributed by atoms with van der Waals surface area (Å²) in [5.41, 5.74) is 0.926. The molecule has 1 heterocycles. The quantitative estimate of drug-likeness (QED) is 0.732. The van der Waals surface area contributed by atoms with Gasteiger partial charge in [0.05, 0.1) is 12.6 Å². The number of carboxylic acid groups (broad SMARTS) is 1. The summed E-state index contributed by atoms with van der Waals surface area (Å²) in [5.74, 6) is 0.110. The van der Waals surface area contributed by atoms with Crippen LogP contribution in [0, 0.1) is 0 Å². The average Bonchev–Trinajstić information content (AvgIpc) is 2.30. The minimum atomic E-state index is -1.37. The Morgan fingerprint density at radius 1 is 1.33 bits per heavy atom. The number of β-amino-alcohol motifs (C(OH)–C–C–N with tert-alkyl or cyclic N) is 1. The number of carbonyl (C=O) groups is 1. The van der Waals surface area contributed by atoms with Gasteiger partial charge in [-0.25, -0.2) is 4.79 Å². The molecule has 0 bridgehead atoms. The topological polar surface area (TPSA) is 90.2 Å². The molecule has 1 aliphatic rings. The molecule has 0 aromatic heterocycles. The zero-order valence-corrected chi connectivity index (χ0v) is 9.69. The molecule has 0 saturated carbocycles. The van der Waals surface area contributed by atoms with Crippen LogP contribution in [0.15, 0.2) is 24.3 Å². The second-order valence-corrected chi connectivity index (χ2v) is 4.30. The minimum Gasteiger partial charge on any atom is -0.508 e. The number of rotatable bonds is 2. The van der Waals surface area contributed by atoms with Gasteiger partial charge in [0.15, 0.2) is 0 Å². The smallest absolute Gasteiger partial charge is 0.508 e. The Bertz CT molecular complexity index is 419. The molecule has 1 aromatic rings. The molecular weight excluding hydrogens is 238 g/mol. The number of aromatic hydroxyl groups is 1. The second-order valence-electron chi connectivity index (χ2n) is 4.30. The van der Waals surface area contributed by atoms with Crippen LogP contribution in [0.1, 0.15) is 17.9 Å². The van der Waals surface area contributed by atoms with E-state index in [0.717, 1.165) is 5.56 Å². The molecule has 6 heteroatoms. The summed E-state index contributed by atoms with van der Waals surface area (Å²) in [6.45, 7) is 0.590. The van der Waals surface area contributed by atoms with Crippen LogP contribution < -0.4 is 0 Å². The zero-order valence-electron chi connectivity index (χ0n) is 9.69. The molecule has 1 fully saturated rings. The van der Waals surface area contributed by atoms with E-state index in [2.05, 4.69) is 4.84 Å². The van der Waals surface area contributed by atoms with E-state index in [1.54, 1.807) is 24.3 Å². The summed E-state index contributed by atoms with van der Waals surface area (Å²) in [5, 5.41) is 28.9. The van der Waals surface area contributed by atoms with Gasteiger partial charge in [0.2, 0.25) is 0 Å². The number of piperidine rings is 1. The molecule has 1 aliphatic heterocycles. The van der Waals surface area contributed by atoms with Crippen molar-refractivity contribution < 1.29 is 25.0 Å². The number of phenols is 1. The van der Waals surface area contributed by atoms with E-state index < -0.39 is 12.3 Å². The summed E-state index contributed by atoms with van der Waals surface area (Å²) in [7, 11) is 0. The molecular formula is C12H15NO5. The third kappa shape index (κ3) is 2.91. The molecule has 98 valence electrons. The van der Waals surface area contributed by atoms with E-state index in [0.29, 0.717) is 13.0 Å². The van der Waals surface area contributed by atoms with Crippen molar-refractivity contribution in [3.8, 4) is 5.75 Å². The number of nitrogens with zero attached hydrogens (tertiary/aromatic N) is 1. The van der Waals surface area contributed by atoms with Crippen molar-refractivity contribution in [2.45, 2.75) is 18.4 Å². The van der Waals surface area contributed by atoms with Crippen LogP contribution in [-0.4, -0.2) is 45.7 Å². The molecule has 2 rings (SSSR count). The van der Waals surface area contributed by atoms with Gasteiger partial charge in [-0.1, -0.05) is 12.1 Å². The summed E-state index contributed by atoms with van der Waals surface area (Å²) in [6.07, 6.45) is -1.47. The highest BCUT2D eigenvalue weighted by Crippen LogP contribution is 2.29. The van der Waals surface area contributed by atoms with Crippen molar-refractivity contribution in [2.24, 2.45) is 0 Å². The number of hydrogen-bond donors (Lipinski definition) is 3. The number of benzene rings is 1. The zero-order chi connectivity index (χ0) is 13.1. The SMILES string of the molecule is O=C(O)ON1CCC(c2ccc(O)cc2)C(O)C1. The number of aliphatic hydroxyl groups is 1. The number of hydrogen-bond acceptors (Lipinski definition) is 5. The van der Waals surface area contributed by atoms with Crippen molar-refractivity contribution >= 4 is 6.16 Å². The van der Waals surface area contributed by atoms with Crippen LogP contribution in [-0.2, 0) is 4.84 Å². The number of hydroxylamine groups is 2. The van der Waals surface area contributed by atoms with E-state index in [1.807, 2.05) is 0 Å². The van der Waals surface area contributed by atoms with Crippen LogP contribution in [0.4, 0.5) is 4.79 Å². The Morgan fingerprint density at radius 3 is 2.56 bits per heavy atom. The van der Waals surface area contributed by atoms with Crippen molar-refractivity contribution in [3.63, 3.8) is 0 Å². The second kappa shape index (κ2) is 5.24. The molecule has 0 radical (unpaired) electrons. The number of aliphatic hydroxyl groups excluding tert-OH is 1. The standard InChI is InChI=1S/C12H15NO5/c14-9-3-1-8(2-4-9)10-5-6-13(7-11(10)15)18-12(16)17/h1-4,10-11,14-15H,5-7H2,(H,16,17). The Morgan fingerprint density at radius 2 is 2.00 bits per heavy atom. The van der Waals surface area contributed by atoms with Gasteiger partial charge in [0.1, 0.15) is 5.75 Å². The molecule has 0 amide bonds. The summed E-state index contributed by atoms with van der Waals surface area (Å²) < 4.78 is 0. The first-order chi connectivity index (χ1) is 8.56. The van der Waals surface area contributed by atoms with E-state index in [-0.39, 0.29) is 18.2 Å².